The first kappa shape index (κ1) is 13.1. The summed E-state index contributed by atoms with van der Waals surface area (Å²) in [6, 6.07) is 5.62. The Balaban J connectivity index is 1.85. The molecule has 0 aromatic carbocycles. The number of nitrogens with zero attached hydrogens (tertiary/aromatic N) is 2. The molecular formula is C10H8N2O6S. The number of rotatable bonds is 6. The van der Waals surface area contributed by atoms with Crippen molar-refractivity contribution in [1.82, 2.24) is 0 Å². The second-order valence-corrected chi connectivity index (χ2v) is 4.47. The molecule has 19 heavy (non-hydrogen) atoms. The van der Waals surface area contributed by atoms with Crippen LogP contribution < -0.4 is 0 Å². The van der Waals surface area contributed by atoms with Crippen molar-refractivity contribution >= 4 is 23.5 Å². The third kappa shape index (κ3) is 3.35. The first-order chi connectivity index (χ1) is 9.06. The number of thioether (sulfide) groups is 1. The van der Waals surface area contributed by atoms with Gasteiger partial charge in [0.2, 0.25) is 0 Å². The molecule has 0 amide bonds. The molecule has 8 nitrogen and oxygen atoms in total. The van der Waals surface area contributed by atoms with Gasteiger partial charge in [-0.05, 0) is 12.1 Å². The van der Waals surface area contributed by atoms with E-state index in [0.717, 1.165) is 0 Å². The lowest BCUT2D eigenvalue weighted by molar-refractivity contribution is -0.402. The van der Waals surface area contributed by atoms with Crippen molar-refractivity contribution in [2.75, 3.05) is 0 Å². The lowest BCUT2D eigenvalue weighted by Crippen LogP contribution is -1.84. The quantitative estimate of drug-likeness (QED) is 0.591. The summed E-state index contributed by atoms with van der Waals surface area (Å²) in [6.45, 7) is 0. The molecule has 0 aliphatic rings. The van der Waals surface area contributed by atoms with Crippen LogP contribution in [0.3, 0.4) is 0 Å². The van der Waals surface area contributed by atoms with Crippen LogP contribution in [0, 0.1) is 20.2 Å². The van der Waals surface area contributed by atoms with Crippen LogP contribution in [0.25, 0.3) is 0 Å². The van der Waals surface area contributed by atoms with Crippen LogP contribution in [-0.4, -0.2) is 9.85 Å². The van der Waals surface area contributed by atoms with E-state index in [1.807, 2.05) is 0 Å². The summed E-state index contributed by atoms with van der Waals surface area (Å²) >= 11 is 1.38. The average Bonchev–Trinajstić information content (AvgIpc) is 2.97. The fraction of sp³-hybridized carbons (Fsp3) is 0.200. The molecule has 2 rings (SSSR count). The molecule has 2 heterocycles. The summed E-state index contributed by atoms with van der Waals surface area (Å²) in [5, 5.41) is 20.8. The highest BCUT2D eigenvalue weighted by Gasteiger charge is 2.13. The van der Waals surface area contributed by atoms with E-state index in [1.54, 1.807) is 0 Å². The van der Waals surface area contributed by atoms with E-state index < -0.39 is 9.85 Å². The highest BCUT2D eigenvalue weighted by atomic mass is 32.2. The molecule has 2 aromatic rings. The van der Waals surface area contributed by atoms with Crippen molar-refractivity contribution < 1.29 is 18.7 Å². The van der Waals surface area contributed by atoms with Gasteiger partial charge in [-0.25, -0.2) is 0 Å². The Hall–Kier alpha value is -2.29. The van der Waals surface area contributed by atoms with Gasteiger partial charge >= 0.3 is 11.8 Å². The highest BCUT2D eigenvalue weighted by Crippen LogP contribution is 2.24. The molecule has 0 aliphatic carbocycles. The van der Waals surface area contributed by atoms with Crippen LogP contribution >= 0.6 is 11.8 Å². The fourth-order valence-corrected chi connectivity index (χ4v) is 2.15. The SMILES string of the molecule is O=[N+]([O-])c1ccc(CSCc2ccc([N+](=O)[O-])o2)o1. The second kappa shape index (κ2) is 5.57. The van der Waals surface area contributed by atoms with Crippen molar-refractivity contribution in [3.63, 3.8) is 0 Å². The van der Waals surface area contributed by atoms with Crippen LogP contribution in [0.15, 0.2) is 33.1 Å². The van der Waals surface area contributed by atoms with Gasteiger partial charge in [0.25, 0.3) is 0 Å². The van der Waals surface area contributed by atoms with E-state index in [1.165, 1.54) is 36.0 Å². The fourth-order valence-electron chi connectivity index (χ4n) is 1.34. The topological polar surface area (TPSA) is 113 Å². The maximum Gasteiger partial charge on any atom is 0.433 e. The van der Waals surface area contributed by atoms with Gasteiger partial charge in [-0.15, -0.1) is 11.8 Å². The highest BCUT2D eigenvalue weighted by molar-refractivity contribution is 7.97. The first-order valence-corrected chi connectivity index (χ1v) is 6.25. The van der Waals surface area contributed by atoms with Crippen molar-refractivity contribution in [2.24, 2.45) is 0 Å². The molecule has 0 spiro atoms. The smallest absolute Gasteiger partial charge is 0.405 e. The van der Waals surface area contributed by atoms with Gasteiger partial charge in [-0.3, -0.25) is 20.2 Å². The lowest BCUT2D eigenvalue weighted by Gasteiger charge is -1.95. The van der Waals surface area contributed by atoms with E-state index in [4.69, 9.17) is 8.83 Å². The monoisotopic (exact) mass is 284 g/mol. The number of hydrogen-bond acceptors (Lipinski definition) is 7. The van der Waals surface area contributed by atoms with Crippen molar-refractivity contribution in [3.8, 4) is 0 Å². The second-order valence-electron chi connectivity index (χ2n) is 3.49. The van der Waals surface area contributed by atoms with Gasteiger partial charge in [0, 0.05) is 0 Å². The van der Waals surface area contributed by atoms with Crippen LogP contribution in [0.1, 0.15) is 11.5 Å². The molecule has 0 unspecified atom stereocenters. The zero-order valence-corrected chi connectivity index (χ0v) is 10.3. The number of furan rings is 2. The minimum absolute atomic E-state index is 0.302. The third-order valence-electron chi connectivity index (χ3n) is 2.14. The molecule has 0 saturated carbocycles. The summed E-state index contributed by atoms with van der Waals surface area (Å²) < 4.78 is 9.94. The Morgan fingerprint density at radius 1 is 0.895 bits per heavy atom. The average molecular weight is 284 g/mol. The summed E-state index contributed by atoms with van der Waals surface area (Å²) in [7, 11) is 0. The minimum Gasteiger partial charge on any atom is -0.405 e. The minimum atomic E-state index is -0.607. The van der Waals surface area contributed by atoms with Gasteiger partial charge in [0.1, 0.15) is 21.4 Å². The zero-order chi connectivity index (χ0) is 13.8. The van der Waals surface area contributed by atoms with Crippen LogP contribution in [0.5, 0.6) is 0 Å². The van der Waals surface area contributed by atoms with E-state index in [0.29, 0.717) is 23.0 Å². The summed E-state index contributed by atoms with van der Waals surface area (Å²) in [6.07, 6.45) is 0. The van der Waals surface area contributed by atoms with Crippen molar-refractivity contribution in [1.29, 1.82) is 0 Å². The Kier molecular flexibility index (Phi) is 3.85. The molecular weight excluding hydrogens is 276 g/mol. The summed E-state index contributed by atoms with van der Waals surface area (Å²) in [5.74, 6) is 1.17. The molecule has 0 saturated heterocycles. The van der Waals surface area contributed by atoms with E-state index in [2.05, 4.69) is 0 Å². The van der Waals surface area contributed by atoms with Gasteiger partial charge in [-0.1, -0.05) is 0 Å². The molecule has 0 atom stereocenters. The maximum absolute atomic E-state index is 10.4. The number of nitro groups is 2. The van der Waals surface area contributed by atoms with Crippen LogP contribution in [0.2, 0.25) is 0 Å². The predicted molar refractivity (Wildman–Crippen MR) is 65.7 cm³/mol. The maximum atomic E-state index is 10.4. The predicted octanol–water partition coefficient (Wildman–Crippen LogP) is 3.12. The Morgan fingerprint density at radius 2 is 1.32 bits per heavy atom. The summed E-state index contributed by atoms with van der Waals surface area (Å²) in [5.41, 5.74) is 0. The first-order valence-electron chi connectivity index (χ1n) is 5.10. The van der Waals surface area contributed by atoms with Gasteiger partial charge in [0.05, 0.1) is 23.6 Å². The van der Waals surface area contributed by atoms with Crippen molar-refractivity contribution in [3.05, 3.63) is 56.0 Å². The summed E-state index contributed by atoms with van der Waals surface area (Å²) in [4.78, 5) is 19.6. The molecule has 0 fully saturated rings. The molecule has 9 heteroatoms. The van der Waals surface area contributed by atoms with Gasteiger partial charge in [-0.2, -0.15) is 0 Å². The third-order valence-corrected chi connectivity index (χ3v) is 3.12. The Bertz CT molecular complexity index is 552. The largest absolute Gasteiger partial charge is 0.433 e. The standard InChI is InChI=1S/C10H8N2O6S/c13-11(14)9-3-1-7(17-9)5-19-6-8-2-4-10(18-8)12(15)16/h1-4H,5-6H2. The van der Waals surface area contributed by atoms with Gasteiger partial charge < -0.3 is 8.83 Å². The van der Waals surface area contributed by atoms with Crippen LogP contribution in [0.4, 0.5) is 11.8 Å². The molecule has 0 radical (unpaired) electrons. The Morgan fingerprint density at radius 3 is 1.63 bits per heavy atom. The lowest BCUT2D eigenvalue weighted by atomic mass is 10.5. The molecule has 0 aliphatic heterocycles. The van der Waals surface area contributed by atoms with Crippen LogP contribution in [-0.2, 0) is 11.5 Å². The van der Waals surface area contributed by atoms with E-state index in [-0.39, 0.29) is 11.8 Å². The van der Waals surface area contributed by atoms with Crippen molar-refractivity contribution in [2.45, 2.75) is 11.5 Å². The number of hydrogen-bond donors (Lipinski definition) is 0. The molecule has 2 aromatic heterocycles. The van der Waals surface area contributed by atoms with E-state index in [9.17, 15) is 20.2 Å². The molecule has 100 valence electrons. The molecule has 0 bridgehead atoms. The van der Waals surface area contributed by atoms with Gasteiger partial charge in [0.15, 0.2) is 0 Å². The zero-order valence-electron chi connectivity index (χ0n) is 9.48. The Labute approximate surface area is 110 Å². The molecule has 0 N–H and O–H groups in total. The van der Waals surface area contributed by atoms with E-state index >= 15 is 0 Å². The normalized spacial score (nSPS) is 10.5.